The van der Waals surface area contributed by atoms with Crippen LogP contribution in [0.4, 0.5) is 0 Å². The number of aldehydes is 2. The summed E-state index contributed by atoms with van der Waals surface area (Å²) in [5.74, 6) is -5.14. The molecule has 0 aromatic rings. The van der Waals surface area contributed by atoms with E-state index in [2.05, 4.69) is 37.2 Å². The topological polar surface area (TPSA) is 316 Å². The lowest BCUT2D eigenvalue weighted by molar-refractivity contribution is -0.155. The van der Waals surface area contributed by atoms with Gasteiger partial charge in [-0.2, -0.15) is 0 Å². The van der Waals surface area contributed by atoms with Gasteiger partial charge in [-0.1, -0.05) is 104 Å². The third-order valence-electron chi connectivity index (χ3n) is 10.6. The van der Waals surface area contributed by atoms with E-state index in [-0.39, 0.29) is 88.6 Å². The second-order valence-electron chi connectivity index (χ2n) is 20.6. The van der Waals surface area contributed by atoms with Crippen molar-refractivity contribution in [2.75, 3.05) is 0 Å². The van der Waals surface area contributed by atoms with Crippen molar-refractivity contribution in [3.63, 3.8) is 0 Å². The average molecular weight is 1010 g/mol. The molecule has 1 saturated heterocycles. The number of hydrogen-bond donors (Lipinski definition) is 9. The third-order valence-corrected chi connectivity index (χ3v) is 10.6. The van der Waals surface area contributed by atoms with Crippen LogP contribution in [0.1, 0.15) is 171 Å². The van der Waals surface area contributed by atoms with Crippen LogP contribution >= 0.6 is 0 Å². The lowest BCUT2D eigenvalue weighted by atomic mass is 9.98. The van der Waals surface area contributed by atoms with Gasteiger partial charge in [-0.25, -0.2) is 4.79 Å². The maximum atomic E-state index is 13.9. The molecule has 5 unspecified atom stereocenters. The number of nitrogens with two attached hydrogens (primary N) is 2. The summed E-state index contributed by atoms with van der Waals surface area (Å²) >= 11 is 0. The van der Waals surface area contributed by atoms with Gasteiger partial charge in [0, 0.05) is 6.42 Å². The van der Waals surface area contributed by atoms with Crippen LogP contribution in [0.3, 0.4) is 0 Å². The van der Waals surface area contributed by atoms with Gasteiger partial charge in [-0.15, -0.1) is 0 Å². The lowest BCUT2D eigenvalue weighted by Crippen LogP contribution is -2.61. The van der Waals surface area contributed by atoms with E-state index < -0.39 is 95.7 Å². The Morgan fingerprint density at radius 1 is 0.549 bits per heavy atom. The van der Waals surface area contributed by atoms with E-state index in [0.29, 0.717) is 18.6 Å². The Bertz CT molecular complexity index is 1640. The number of carbonyl (C=O) groups excluding carboxylic acids is 10. The number of cyclic esters (lactones) is 1. The predicted octanol–water partition coefficient (Wildman–Crippen LogP) is 3.35. The second kappa shape index (κ2) is 37.7. The van der Waals surface area contributed by atoms with Gasteiger partial charge in [0.25, 0.3) is 0 Å². The highest BCUT2D eigenvalue weighted by molar-refractivity contribution is 5.97. The molecule has 11 atom stereocenters. The van der Waals surface area contributed by atoms with Crippen LogP contribution in [-0.2, 0) is 52.7 Å². The number of rotatable bonds is 16. The van der Waals surface area contributed by atoms with Crippen LogP contribution in [0.5, 0.6) is 0 Å². The smallest absolute Gasteiger partial charge is 0.328 e. The first kappa shape index (κ1) is 72.6. The fourth-order valence-electron chi connectivity index (χ4n) is 6.71. The molecule has 1 aliphatic heterocycles. The second-order valence-corrected chi connectivity index (χ2v) is 20.6. The van der Waals surface area contributed by atoms with Crippen molar-refractivity contribution in [2.45, 2.75) is 231 Å². The van der Waals surface area contributed by atoms with E-state index in [1.807, 2.05) is 83.1 Å². The van der Waals surface area contributed by atoms with Crippen LogP contribution in [0.25, 0.3) is 0 Å². The summed E-state index contributed by atoms with van der Waals surface area (Å²) in [6.07, 6.45) is 2.67. The van der Waals surface area contributed by atoms with E-state index in [1.54, 1.807) is 6.92 Å². The van der Waals surface area contributed by atoms with Gasteiger partial charge in [0.2, 0.25) is 41.4 Å². The highest BCUT2D eigenvalue weighted by Crippen LogP contribution is 2.14. The van der Waals surface area contributed by atoms with E-state index in [1.165, 1.54) is 20.8 Å². The normalized spacial score (nSPS) is 24.3. The zero-order valence-electron chi connectivity index (χ0n) is 44.5. The fraction of sp³-hybridized carbons (Fsp3) is 0.804. The molecule has 0 radical (unpaired) electrons. The highest BCUT2D eigenvalue weighted by Gasteiger charge is 2.36. The van der Waals surface area contributed by atoms with Crippen LogP contribution in [0.15, 0.2) is 0 Å². The minimum Gasteiger partial charge on any atom is -0.458 e. The first-order valence-electron chi connectivity index (χ1n) is 24.6. The summed E-state index contributed by atoms with van der Waals surface area (Å²) in [4.78, 5) is 128. The first-order valence-corrected chi connectivity index (χ1v) is 24.6. The Labute approximate surface area is 426 Å². The minimum absolute atomic E-state index is 0. The molecule has 0 aromatic heterocycles. The number of ether oxygens (including phenoxy) is 1. The van der Waals surface area contributed by atoms with Gasteiger partial charge in [0.05, 0.1) is 12.1 Å². The zero-order chi connectivity index (χ0) is 53.9. The number of amides is 7. The molecule has 20 heteroatoms. The number of esters is 1. The molecule has 0 spiro atoms. The van der Waals surface area contributed by atoms with Crippen molar-refractivity contribution in [1.82, 2.24) is 37.2 Å². The molecule has 0 bridgehead atoms. The third kappa shape index (κ3) is 32.6. The monoisotopic (exact) mass is 1010 g/mol. The molecule has 0 saturated carbocycles. The van der Waals surface area contributed by atoms with Crippen molar-refractivity contribution in [3.8, 4) is 0 Å². The largest absolute Gasteiger partial charge is 0.458 e. The van der Waals surface area contributed by atoms with Crippen LogP contribution in [0.2, 0.25) is 0 Å². The molecule has 11 N–H and O–H groups in total. The molecule has 1 rings (SSSR count). The predicted molar refractivity (Wildman–Crippen MR) is 279 cm³/mol. The summed E-state index contributed by atoms with van der Waals surface area (Å²) in [6, 6.07) is -8.75. The van der Waals surface area contributed by atoms with Gasteiger partial charge in [0.1, 0.15) is 61.0 Å². The van der Waals surface area contributed by atoms with Crippen LogP contribution < -0.4 is 48.7 Å². The molecule has 0 aliphatic carbocycles. The number of hydrogen-bond acceptors (Lipinski definition) is 13. The molecular formula is C51H99N9O11. The number of carbonyl (C=O) groups is 10. The van der Waals surface area contributed by atoms with Crippen LogP contribution in [0, 0.1) is 35.5 Å². The Balaban J connectivity index is -0.00000131. The summed E-state index contributed by atoms with van der Waals surface area (Å²) < 4.78 is 5.61. The van der Waals surface area contributed by atoms with E-state index >= 15 is 0 Å². The van der Waals surface area contributed by atoms with Crippen molar-refractivity contribution >= 4 is 59.9 Å². The number of nitrogens with one attached hydrogen (secondary N) is 7. The standard InChI is InChI=1S/C40H71N7O9.C6H13NO.C3H7NO.2CH4/c1-14-24(10)19-32(48)47-33-27(13)56-40(55)26(12)42-35(50)28(15-20(2)3)44-37(52)30(17-22(6)7)46-38(53)31(18-23(8)9)45-36(51)29(16-21(4)5)43-34(49)25(11)41-39(33)54;1-5(2)3-6(7)4-8;1-3(4)2-5;;/h20-31,33H,14-19H2,1-13H3,(H,41,54)(H,42,50)(H,43,49)(H,44,52)(H,45,51)(H,46,53)(H,47,48);4-6H,3,7H2,1-2H3;2-3H,4H2,1H3;2*1H4/t24?,25-,26-,27+,28?,29?,30?,31?,33-;6-;3-;;/m000../s1. The average Bonchev–Trinajstić information content (AvgIpc) is 3.23. The van der Waals surface area contributed by atoms with E-state index in [0.717, 1.165) is 12.7 Å². The summed E-state index contributed by atoms with van der Waals surface area (Å²) in [7, 11) is 0. The van der Waals surface area contributed by atoms with Gasteiger partial charge >= 0.3 is 5.97 Å². The maximum absolute atomic E-state index is 13.9. The molecule has 20 nitrogen and oxygen atoms in total. The molecule has 7 amide bonds. The Kier molecular flexibility index (Phi) is 38.6. The van der Waals surface area contributed by atoms with Gasteiger partial charge in [-0.05, 0) is 95.3 Å². The van der Waals surface area contributed by atoms with Crippen molar-refractivity contribution in [1.29, 1.82) is 0 Å². The lowest BCUT2D eigenvalue weighted by Gasteiger charge is -2.30. The summed E-state index contributed by atoms with van der Waals surface area (Å²) in [5, 5.41) is 18.8. The molecule has 71 heavy (non-hydrogen) atoms. The molecule has 1 fully saturated rings. The van der Waals surface area contributed by atoms with E-state index in [9.17, 15) is 47.9 Å². The zero-order valence-corrected chi connectivity index (χ0v) is 44.5. The first-order chi connectivity index (χ1) is 31.9. The fourth-order valence-corrected chi connectivity index (χ4v) is 6.71. The Hall–Kier alpha value is -4.98. The Morgan fingerprint density at radius 2 is 0.887 bits per heavy atom. The van der Waals surface area contributed by atoms with Crippen molar-refractivity contribution in [2.24, 2.45) is 47.0 Å². The molecular weight excluding hydrogens is 915 g/mol. The summed E-state index contributed by atoms with van der Waals surface area (Å²) in [5.41, 5.74) is 10.2. The van der Waals surface area contributed by atoms with Crippen molar-refractivity contribution in [3.05, 3.63) is 0 Å². The molecule has 414 valence electrons. The van der Waals surface area contributed by atoms with Crippen molar-refractivity contribution < 1.29 is 52.7 Å². The summed E-state index contributed by atoms with van der Waals surface area (Å²) in [6.45, 7) is 28.7. The SMILES string of the molecule is C.C.CC(C)C[C@H](N)C=O.CCC(C)CC(=O)N[C@@H]1C(=O)N[C@@H](C)C(=O)NC(CC(C)C)C(=O)NC(CC(C)C)C(=O)NC(CC(C)C)C(=O)NC(CC(C)C)C(=O)N[C@@H](C)C(=O)O[C@@H]1C.C[C@H](N)C=O. The highest BCUT2D eigenvalue weighted by atomic mass is 16.5. The molecule has 1 heterocycles. The van der Waals surface area contributed by atoms with Gasteiger partial charge < -0.3 is 63.0 Å². The minimum atomic E-state index is -1.43. The quantitative estimate of drug-likeness (QED) is 0.0793. The van der Waals surface area contributed by atoms with E-state index in [4.69, 9.17) is 16.2 Å². The van der Waals surface area contributed by atoms with Gasteiger partial charge in [-0.3, -0.25) is 33.6 Å². The van der Waals surface area contributed by atoms with Crippen LogP contribution in [-0.4, -0.2) is 120 Å². The molecule has 0 aromatic carbocycles. The maximum Gasteiger partial charge on any atom is 0.328 e. The van der Waals surface area contributed by atoms with Gasteiger partial charge in [0.15, 0.2) is 0 Å². The Morgan fingerprint density at radius 3 is 1.18 bits per heavy atom. The molecule has 1 aliphatic rings.